The van der Waals surface area contributed by atoms with Gasteiger partial charge in [-0.3, -0.25) is 4.84 Å². The fourth-order valence-electron chi connectivity index (χ4n) is 1.44. The summed E-state index contributed by atoms with van der Waals surface area (Å²) in [4.78, 5) is 5.36. The summed E-state index contributed by atoms with van der Waals surface area (Å²) in [6.07, 6.45) is 6.70. The molecule has 0 amide bonds. The Labute approximate surface area is 98.3 Å². The molecular weight excluding hydrogens is 198 g/mol. The van der Waals surface area contributed by atoms with Crippen molar-refractivity contribution in [1.29, 1.82) is 0 Å². The first-order valence-corrected chi connectivity index (χ1v) is 5.93. The normalized spacial score (nSPS) is 10.2. The van der Waals surface area contributed by atoms with Gasteiger partial charge >= 0.3 is 0 Å². The molecule has 0 spiro atoms. The molecule has 16 heavy (non-hydrogen) atoms. The number of hydrogen-bond acceptors (Lipinski definition) is 2. The van der Waals surface area contributed by atoms with E-state index in [2.05, 4.69) is 24.2 Å². The summed E-state index contributed by atoms with van der Waals surface area (Å²) in [7, 11) is 0. The third kappa shape index (κ3) is 6.38. The van der Waals surface area contributed by atoms with Crippen molar-refractivity contribution >= 4 is 0 Å². The second-order valence-electron chi connectivity index (χ2n) is 3.81. The maximum Gasteiger partial charge on any atom is 0.0933 e. The fourth-order valence-corrected chi connectivity index (χ4v) is 1.44. The molecule has 0 saturated heterocycles. The highest BCUT2D eigenvalue weighted by atomic mass is 16.6. The molecule has 88 valence electrons. The third-order valence-corrected chi connectivity index (χ3v) is 2.37. The van der Waals surface area contributed by atoms with Gasteiger partial charge in [0.15, 0.2) is 0 Å². The monoisotopic (exact) mass is 219 g/mol. The molecule has 0 bridgehead atoms. The summed E-state index contributed by atoms with van der Waals surface area (Å²) in [5.41, 5.74) is 4.18. The summed E-state index contributed by atoms with van der Waals surface area (Å²) in [6.45, 7) is 5.25. The van der Waals surface area contributed by atoms with Crippen LogP contribution in [0.3, 0.4) is 0 Å². The lowest BCUT2D eigenvalue weighted by molar-refractivity contribution is 0.0272. The van der Waals surface area contributed by atoms with E-state index >= 15 is 0 Å². The number of rotatable bonds is 9. The molecule has 0 atom stereocenters. The fraction of sp³-hybridized carbons (Fsp3) is 0.429. The number of hydrogen-bond donors (Lipinski definition) is 1. The average molecular weight is 219 g/mol. The SMILES string of the molecule is C=CCCCCCNOCc1ccccc1. The molecule has 0 aliphatic carbocycles. The Morgan fingerprint density at radius 3 is 2.69 bits per heavy atom. The average Bonchev–Trinajstić information content (AvgIpc) is 2.34. The molecule has 0 saturated carbocycles. The van der Waals surface area contributed by atoms with Crippen molar-refractivity contribution in [3.8, 4) is 0 Å². The van der Waals surface area contributed by atoms with Gasteiger partial charge in [-0.1, -0.05) is 42.8 Å². The Morgan fingerprint density at radius 2 is 1.94 bits per heavy atom. The predicted octanol–water partition coefficient (Wildman–Crippen LogP) is 3.45. The molecule has 1 rings (SSSR count). The van der Waals surface area contributed by atoms with E-state index in [1.165, 1.54) is 18.4 Å². The Hall–Kier alpha value is -1.12. The van der Waals surface area contributed by atoms with Gasteiger partial charge in [-0.2, -0.15) is 0 Å². The van der Waals surface area contributed by atoms with E-state index in [4.69, 9.17) is 4.84 Å². The van der Waals surface area contributed by atoms with E-state index in [-0.39, 0.29) is 0 Å². The van der Waals surface area contributed by atoms with Crippen LogP contribution in [-0.4, -0.2) is 6.54 Å². The van der Waals surface area contributed by atoms with E-state index in [0.29, 0.717) is 6.61 Å². The van der Waals surface area contributed by atoms with Crippen molar-refractivity contribution in [2.75, 3.05) is 6.54 Å². The molecule has 1 aromatic carbocycles. The zero-order valence-electron chi connectivity index (χ0n) is 9.82. The Balaban J connectivity index is 1.90. The smallest absolute Gasteiger partial charge is 0.0933 e. The molecule has 1 aromatic rings. The van der Waals surface area contributed by atoms with Gasteiger partial charge < -0.3 is 0 Å². The molecular formula is C14H21NO. The van der Waals surface area contributed by atoms with E-state index < -0.39 is 0 Å². The van der Waals surface area contributed by atoms with Crippen molar-refractivity contribution in [3.05, 3.63) is 48.6 Å². The van der Waals surface area contributed by atoms with Gasteiger partial charge in [0.2, 0.25) is 0 Å². The van der Waals surface area contributed by atoms with Gasteiger partial charge in [-0.15, -0.1) is 6.58 Å². The number of unbranched alkanes of at least 4 members (excludes halogenated alkanes) is 3. The molecule has 0 fully saturated rings. The van der Waals surface area contributed by atoms with E-state index in [0.717, 1.165) is 19.4 Å². The quantitative estimate of drug-likeness (QED) is 0.390. The minimum Gasteiger partial charge on any atom is -0.297 e. The van der Waals surface area contributed by atoms with Gasteiger partial charge in [-0.05, 0) is 24.8 Å². The number of nitrogens with one attached hydrogen (secondary N) is 1. The minimum absolute atomic E-state index is 0.632. The zero-order valence-corrected chi connectivity index (χ0v) is 9.82. The summed E-state index contributed by atoms with van der Waals surface area (Å²) in [5.74, 6) is 0. The molecule has 0 heterocycles. The van der Waals surface area contributed by atoms with E-state index in [9.17, 15) is 0 Å². The van der Waals surface area contributed by atoms with Crippen LogP contribution in [-0.2, 0) is 11.4 Å². The summed E-state index contributed by atoms with van der Waals surface area (Å²) in [5, 5.41) is 0. The van der Waals surface area contributed by atoms with Gasteiger partial charge in [0.25, 0.3) is 0 Å². The minimum atomic E-state index is 0.632. The molecule has 2 nitrogen and oxygen atoms in total. The molecule has 0 aliphatic heterocycles. The highest BCUT2D eigenvalue weighted by molar-refractivity contribution is 5.13. The number of allylic oxidation sites excluding steroid dienone is 1. The molecule has 0 aromatic heterocycles. The second-order valence-corrected chi connectivity index (χ2v) is 3.81. The number of benzene rings is 1. The lowest BCUT2D eigenvalue weighted by Crippen LogP contribution is -2.15. The summed E-state index contributed by atoms with van der Waals surface area (Å²) >= 11 is 0. The van der Waals surface area contributed by atoms with Gasteiger partial charge in [0.1, 0.15) is 0 Å². The topological polar surface area (TPSA) is 21.3 Å². The van der Waals surface area contributed by atoms with Crippen molar-refractivity contribution in [2.24, 2.45) is 0 Å². The van der Waals surface area contributed by atoms with Crippen molar-refractivity contribution < 1.29 is 4.84 Å². The Morgan fingerprint density at radius 1 is 1.12 bits per heavy atom. The maximum absolute atomic E-state index is 5.36. The van der Waals surface area contributed by atoms with Crippen molar-refractivity contribution in [2.45, 2.75) is 32.3 Å². The summed E-state index contributed by atoms with van der Waals surface area (Å²) in [6, 6.07) is 10.2. The molecule has 0 unspecified atom stereocenters. The largest absolute Gasteiger partial charge is 0.297 e. The summed E-state index contributed by atoms with van der Waals surface area (Å²) < 4.78 is 0. The molecule has 0 radical (unpaired) electrons. The van der Waals surface area contributed by atoms with Crippen LogP contribution in [0.5, 0.6) is 0 Å². The first kappa shape index (κ1) is 12.9. The predicted molar refractivity (Wildman–Crippen MR) is 67.9 cm³/mol. The highest BCUT2D eigenvalue weighted by Gasteiger charge is 1.91. The van der Waals surface area contributed by atoms with Crippen LogP contribution < -0.4 is 5.48 Å². The van der Waals surface area contributed by atoms with Gasteiger partial charge in [0, 0.05) is 6.54 Å². The maximum atomic E-state index is 5.36. The first-order chi connectivity index (χ1) is 7.93. The molecule has 0 aliphatic rings. The lowest BCUT2D eigenvalue weighted by atomic mass is 10.2. The third-order valence-electron chi connectivity index (χ3n) is 2.37. The van der Waals surface area contributed by atoms with E-state index in [1.807, 2.05) is 24.3 Å². The van der Waals surface area contributed by atoms with Crippen molar-refractivity contribution in [1.82, 2.24) is 5.48 Å². The van der Waals surface area contributed by atoms with Crippen LogP contribution in [0.15, 0.2) is 43.0 Å². The van der Waals surface area contributed by atoms with Crippen LogP contribution in [0.1, 0.15) is 31.2 Å². The van der Waals surface area contributed by atoms with E-state index in [1.54, 1.807) is 0 Å². The van der Waals surface area contributed by atoms with Crippen LogP contribution in [0, 0.1) is 0 Å². The standard InChI is InChI=1S/C14H21NO/c1-2-3-4-5-9-12-15-16-13-14-10-7-6-8-11-14/h2,6-8,10-11,15H,1,3-5,9,12-13H2. The van der Waals surface area contributed by atoms with Crippen LogP contribution >= 0.6 is 0 Å². The molecule has 1 N–H and O–H groups in total. The number of hydroxylamine groups is 1. The lowest BCUT2D eigenvalue weighted by Gasteiger charge is -2.05. The van der Waals surface area contributed by atoms with Crippen LogP contribution in [0.2, 0.25) is 0 Å². The Kier molecular flexibility index (Phi) is 7.39. The van der Waals surface area contributed by atoms with Crippen molar-refractivity contribution in [3.63, 3.8) is 0 Å². The first-order valence-electron chi connectivity index (χ1n) is 5.93. The van der Waals surface area contributed by atoms with Gasteiger partial charge in [-0.25, -0.2) is 5.48 Å². The molecule has 2 heteroatoms. The second kappa shape index (κ2) is 9.13. The zero-order chi connectivity index (χ0) is 11.5. The van der Waals surface area contributed by atoms with Crippen LogP contribution in [0.4, 0.5) is 0 Å². The Bertz CT molecular complexity index is 271. The highest BCUT2D eigenvalue weighted by Crippen LogP contribution is 2.00. The van der Waals surface area contributed by atoms with Gasteiger partial charge in [0.05, 0.1) is 6.61 Å². The van der Waals surface area contributed by atoms with Crippen LogP contribution in [0.25, 0.3) is 0 Å².